The van der Waals surface area contributed by atoms with E-state index in [-0.39, 0.29) is 5.91 Å². The van der Waals surface area contributed by atoms with Crippen molar-refractivity contribution in [2.24, 2.45) is 5.92 Å². The van der Waals surface area contributed by atoms with Crippen molar-refractivity contribution in [2.45, 2.75) is 77.2 Å². The van der Waals surface area contributed by atoms with E-state index in [1.165, 1.54) is 43.2 Å². The van der Waals surface area contributed by atoms with Crippen molar-refractivity contribution < 1.29 is 4.79 Å². The van der Waals surface area contributed by atoms with Crippen molar-refractivity contribution in [3.8, 4) is 0 Å². The van der Waals surface area contributed by atoms with Crippen LogP contribution < -0.4 is 10.6 Å². The van der Waals surface area contributed by atoms with Crippen molar-refractivity contribution in [2.75, 3.05) is 30.3 Å². The Hall–Kier alpha value is -2.40. The number of piperidine rings is 1. The number of nitrogens with one attached hydrogen (secondary N) is 2. The Morgan fingerprint density at radius 1 is 1.03 bits per heavy atom. The Morgan fingerprint density at radius 2 is 1.82 bits per heavy atom. The lowest BCUT2D eigenvalue weighted by atomic mass is 9.87. The van der Waals surface area contributed by atoms with Crippen LogP contribution in [0.2, 0.25) is 0 Å². The van der Waals surface area contributed by atoms with Crippen LogP contribution in [0.3, 0.4) is 0 Å². The summed E-state index contributed by atoms with van der Waals surface area (Å²) in [5.74, 6) is 1.75. The lowest BCUT2D eigenvalue weighted by Crippen LogP contribution is -2.39. The van der Waals surface area contributed by atoms with Gasteiger partial charge >= 0.3 is 0 Å². The van der Waals surface area contributed by atoms with Gasteiger partial charge in [-0.2, -0.15) is 0 Å². The van der Waals surface area contributed by atoms with E-state index in [2.05, 4.69) is 57.8 Å². The van der Waals surface area contributed by atoms with E-state index in [9.17, 15) is 4.79 Å². The SMILES string of the molecule is Cc1ccc(NC2CCN(CCCc3ccccc3NC(=O)CC3CCCCC3)CC2)nc1. The van der Waals surface area contributed by atoms with Crippen LogP contribution in [0.4, 0.5) is 11.5 Å². The predicted molar refractivity (Wildman–Crippen MR) is 137 cm³/mol. The smallest absolute Gasteiger partial charge is 0.224 e. The fourth-order valence-electron chi connectivity index (χ4n) is 5.27. The van der Waals surface area contributed by atoms with E-state index < -0.39 is 0 Å². The molecule has 1 aliphatic carbocycles. The van der Waals surface area contributed by atoms with E-state index in [4.69, 9.17) is 0 Å². The summed E-state index contributed by atoms with van der Waals surface area (Å²) in [4.78, 5) is 19.7. The molecule has 2 aromatic rings. The number of benzene rings is 1. The molecule has 0 spiro atoms. The highest BCUT2D eigenvalue weighted by Crippen LogP contribution is 2.27. The topological polar surface area (TPSA) is 57.3 Å². The number of likely N-dealkylation sites (tertiary alicyclic amines) is 1. The highest BCUT2D eigenvalue weighted by Gasteiger charge is 2.20. The monoisotopic (exact) mass is 448 g/mol. The first-order valence-electron chi connectivity index (χ1n) is 12.9. The summed E-state index contributed by atoms with van der Waals surface area (Å²) in [5.41, 5.74) is 3.46. The summed E-state index contributed by atoms with van der Waals surface area (Å²) in [6, 6.07) is 13.0. The number of carbonyl (C=O) groups excluding carboxylic acids is 1. The number of anilines is 2. The minimum absolute atomic E-state index is 0.187. The number of para-hydroxylation sites is 1. The zero-order valence-corrected chi connectivity index (χ0v) is 20.2. The quantitative estimate of drug-likeness (QED) is 0.508. The molecule has 1 aromatic heterocycles. The van der Waals surface area contributed by atoms with E-state index in [1.54, 1.807) is 0 Å². The number of pyridine rings is 1. The van der Waals surface area contributed by atoms with Gasteiger partial charge in [0.25, 0.3) is 0 Å². The van der Waals surface area contributed by atoms with Gasteiger partial charge in [0.15, 0.2) is 0 Å². The zero-order valence-electron chi connectivity index (χ0n) is 20.2. The van der Waals surface area contributed by atoms with Gasteiger partial charge < -0.3 is 15.5 Å². The molecule has 1 saturated carbocycles. The summed E-state index contributed by atoms with van der Waals surface area (Å²) in [6.07, 6.45) is 13.4. The Morgan fingerprint density at radius 3 is 2.58 bits per heavy atom. The van der Waals surface area contributed by atoms with Crippen LogP contribution in [0.15, 0.2) is 42.6 Å². The van der Waals surface area contributed by atoms with Gasteiger partial charge in [0.1, 0.15) is 5.82 Å². The van der Waals surface area contributed by atoms with Gasteiger partial charge in [0.2, 0.25) is 5.91 Å². The van der Waals surface area contributed by atoms with E-state index >= 15 is 0 Å². The molecule has 178 valence electrons. The maximum Gasteiger partial charge on any atom is 0.224 e. The van der Waals surface area contributed by atoms with Gasteiger partial charge in [-0.1, -0.05) is 43.5 Å². The van der Waals surface area contributed by atoms with E-state index in [0.717, 1.165) is 56.8 Å². The van der Waals surface area contributed by atoms with Gasteiger partial charge in [0.05, 0.1) is 0 Å². The minimum Gasteiger partial charge on any atom is -0.367 e. The molecule has 4 rings (SSSR count). The maximum atomic E-state index is 12.6. The molecule has 2 N–H and O–H groups in total. The van der Waals surface area contributed by atoms with Crippen molar-refractivity contribution >= 4 is 17.4 Å². The third kappa shape index (κ3) is 7.56. The van der Waals surface area contributed by atoms with Crippen LogP contribution in [0, 0.1) is 12.8 Å². The standard InChI is InChI=1S/C28H40N4O/c1-22-13-14-27(29-21-22)30-25-15-18-32(19-16-25)17-7-11-24-10-5-6-12-26(24)31-28(33)20-23-8-3-2-4-9-23/h5-6,10,12-14,21,23,25H,2-4,7-9,11,15-20H2,1H3,(H,29,30)(H,31,33). The maximum absolute atomic E-state index is 12.6. The molecule has 0 unspecified atom stereocenters. The highest BCUT2D eigenvalue weighted by atomic mass is 16.1. The van der Waals surface area contributed by atoms with Crippen LogP contribution in [0.5, 0.6) is 0 Å². The average molecular weight is 449 g/mol. The number of nitrogens with zero attached hydrogens (tertiary/aromatic N) is 2. The summed E-state index contributed by atoms with van der Waals surface area (Å²) in [7, 11) is 0. The number of carbonyl (C=O) groups is 1. The van der Waals surface area contributed by atoms with Crippen molar-refractivity contribution in [3.63, 3.8) is 0 Å². The third-order valence-electron chi connectivity index (χ3n) is 7.26. The van der Waals surface area contributed by atoms with Crippen LogP contribution in [0.25, 0.3) is 0 Å². The van der Waals surface area contributed by atoms with Gasteiger partial charge in [-0.3, -0.25) is 4.79 Å². The zero-order chi connectivity index (χ0) is 22.9. The second-order valence-corrected chi connectivity index (χ2v) is 10.00. The first-order valence-corrected chi connectivity index (χ1v) is 12.9. The summed E-state index contributed by atoms with van der Waals surface area (Å²) < 4.78 is 0. The van der Waals surface area contributed by atoms with Crippen LogP contribution in [0.1, 0.15) is 68.9 Å². The number of aryl methyl sites for hydroxylation is 2. The normalized spacial score (nSPS) is 18.2. The molecule has 5 heteroatoms. The number of hydrogen-bond donors (Lipinski definition) is 2. The van der Waals surface area contributed by atoms with Gasteiger partial charge in [-0.25, -0.2) is 4.98 Å². The molecule has 0 radical (unpaired) electrons. The van der Waals surface area contributed by atoms with Gasteiger partial charge in [0, 0.05) is 37.4 Å². The molecule has 5 nitrogen and oxygen atoms in total. The lowest BCUT2D eigenvalue weighted by Gasteiger charge is -2.32. The van der Waals surface area contributed by atoms with Crippen molar-refractivity contribution in [1.82, 2.24) is 9.88 Å². The summed E-state index contributed by atoms with van der Waals surface area (Å²) >= 11 is 0. The highest BCUT2D eigenvalue weighted by molar-refractivity contribution is 5.91. The molecule has 33 heavy (non-hydrogen) atoms. The molecule has 1 amide bonds. The summed E-state index contributed by atoms with van der Waals surface area (Å²) in [6.45, 7) is 5.44. The average Bonchev–Trinajstić information content (AvgIpc) is 2.83. The first-order chi connectivity index (χ1) is 16.2. The fraction of sp³-hybridized carbons (Fsp3) is 0.571. The van der Waals surface area contributed by atoms with Crippen LogP contribution in [-0.4, -0.2) is 41.5 Å². The van der Waals surface area contributed by atoms with Crippen molar-refractivity contribution in [3.05, 3.63) is 53.7 Å². The second-order valence-electron chi connectivity index (χ2n) is 10.00. The molecule has 1 aromatic carbocycles. The molecule has 1 saturated heterocycles. The Labute approximate surface area is 199 Å². The van der Waals surface area contributed by atoms with E-state index in [0.29, 0.717) is 18.4 Å². The number of rotatable bonds is 9. The van der Waals surface area contributed by atoms with Gasteiger partial charge in [-0.15, -0.1) is 0 Å². The van der Waals surface area contributed by atoms with Crippen molar-refractivity contribution in [1.29, 1.82) is 0 Å². The largest absolute Gasteiger partial charge is 0.367 e. The van der Waals surface area contributed by atoms with E-state index in [1.807, 2.05) is 12.3 Å². The first kappa shape index (κ1) is 23.7. The molecule has 0 bridgehead atoms. The second kappa shape index (κ2) is 12.2. The van der Waals surface area contributed by atoms with Crippen LogP contribution >= 0.6 is 0 Å². The van der Waals surface area contributed by atoms with Gasteiger partial charge in [-0.05, 0) is 81.2 Å². The third-order valence-corrected chi connectivity index (χ3v) is 7.26. The molecular weight excluding hydrogens is 408 g/mol. The molecular formula is C28H40N4O. The Bertz CT molecular complexity index is 868. The summed E-state index contributed by atoms with van der Waals surface area (Å²) in [5, 5.41) is 6.80. The molecule has 0 atom stereocenters. The predicted octanol–water partition coefficient (Wildman–Crippen LogP) is 5.81. The lowest BCUT2D eigenvalue weighted by molar-refractivity contribution is -0.117. The number of aromatic nitrogens is 1. The molecule has 1 aliphatic heterocycles. The Balaban J connectivity index is 1.18. The number of amides is 1. The van der Waals surface area contributed by atoms with Crippen LogP contribution in [-0.2, 0) is 11.2 Å². The Kier molecular flexibility index (Phi) is 8.76. The molecule has 2 aliphatic rings. The molecule has 2 heterocycles. The number of hydrogen-bond acceptors (Lipinski definition) is 4. The molecule has 2 fully saturated rings. The minimum atomic E-state index is 0.187. The fourth-order valence-corrected chi connectivity index (χ4v) is 5.27.